The predicted octanol–water partition coefficient (Wildman–Crippen LogP) is 3.89. The Balaban J connectivity index is 2.51. The lowest BCUT2D eigenvalue weighted by Crippen LogP contribution is -2.55. The third-order valence-corrected chi connectivity index (χ3v) is 5.68. The van der Waals surface area contributed by atoms with E-state index in [0.29, 0.717) is 5.56 Å². The SMILES string of the molecule is CC(C)COC(=O)[C@H]1C(=O)C[C@](C)(O)[C@@H](C(=O)OCC(C)C)[C@H]1c1ccc(Br)cc1. The van der Waals surface area contributed by atoms with Crippen molar-refractivity contribution in [1.29, 1.82) is 0 Å². The fourth-order valence-corrected chi connectivity index (χ4v) is 4.04. The molecule has 0 unspecified atom stereocenters. The van der Waals surface area contributed by atoms with Crippen molar-refractivity contribution in [2.45, 2.75) is 52.6 Å². The maximum Gasteiger partial charge on any atom is 0.317 e. The number of benzene rings is 1. The summed E-state index contributed by atoms with van der Waals surface area (Å²) in [6, 6.07) is 7.04. The second kappa shape index (κ2) is 10.1. The lowest BCUT2D eigenvalue weighted by Gasteiger charge is -2.43. The van der Waals surface area contributed by atoms with Gasteiger partial charge in [0.15, 0.2) is 5.78 Å². The van der Waals surface area contributed by atoms with Crippen LogP contribution in [0, 0.1) is 23.7 Å². The van der Waals surface area contributed by atoms with Crippen LogP contribution in [0.2, 0.25) is 0 Å². The number of aliphatic hydroxyl groups is 1. The van der Waals surface area contributed by atoms with E-state index in [1.165, 1.54) is 6.92 Å². The van der Waals surface area contributed by atoms with Crippen molar-refractivity contribution >= 4 is 33.7 Å². The summed E-state index contributed by atoms with van der Waals surface area (Å²) < 4.78 is 11.6. The zero-order chi connectivity index (χ0) is 22.6. The first kappa shape index (κ1) is 24.5. The van der Waals surface area contributed by atoms with E-state index in [0.717, 1.165) is 4.47 Å². The van der Waals surface area contributed by atoms with Gasteiger partial charge in [-0.3, -0.25) is 14.4 Å². The lowest BCUT2D eigenvalue weighted by atomic mass is 9.62. The summed E-state index contributed by atoms with van der Waals surface area (Å²) in [6.07, 6.45) is -0.317. The van der Waals surface area contributed by atoms with Gasteiger partial charge in [0.1, 0.15) is 5.92 Å². The molecule has 0 amide bonds. The Hall–Kier alpha value is -1.73. The molecule has 166 valence electrons. The summed E-state index contributed by atoms with van der Waals surface area (Å²) >= 11 is 3.37. The van der Waals surface area contributed by atoms with Crippen LogP contribution in [-0.4, -0.2) is 41.6 Å². The number of hydrogen-bond acceptors (Lipinski definition) is 6. The number of hydrogen-bond donors (Lipinski definition) is 1. The second-order valence-corrected chi connectivity index (χ2v) is 10.00. The summed E-state index contributed by atoms with van der Waals surface area (Å²) in [6.45, 7) is 9.44. The molecule has 0 heterocycles. The molecule has 2 rings (SSSR count). The van der Waals surface area contributed by atoms with Crippen molar-refractivity contribution in [3.8, 4) is 0 Å². The Bertz CT molecular complexity index is 768. The zero-order valence-electron chi connectivity index (χ0n) is 18.2. The van der Waals surface area contributed by atoms with Crippen LogP contribution in [0.25, 0.3) is 0 Å². The largest absolute Gasteiger partial charge is 0.465 e. The predicted molar refractivity (Wildman–Crippen MR) is 116 cm³/mol. The molecule has 30 heavy (non-hydrogen) atoms. The molecular weight excluding hydrogens is 452 g/mol. The molecule has 0 spiro atoms. The number of carbonyl (C=O) groups is 3. The van der Waals surface area contributed by atoms with Crippen molar-refractivity contribution < 1.29 is 29.0 Å². The van der Waals surface area contributed by atoms with E-state index in [1.807, 2.05) is 27.7 Å². The van der Waals surface area contributed by atoms with Gasteiger partial charge in [-0.2, -0.15) is 0 Å². The summed E-state index contributed by atoms with van der Waals surface area (Å²) in [7, 11) is 0. The Morgan fingerprint density at radius 2 is 1.57 bits per heavy atom. The van der Waals surface area contributed by atoms with Gasteiger partial charge >= 0.3 is 11.9 Å². The van der Waals surface area contributed by atoms with Gasteiger partial charge in [-0.15, -0.1) is 0 Å². The highest BCUT2D eigenvalue weighted by atomic mass is 79.9. The summed E-state index contributed by atoms with van der Waals surface area (Å²) in [5.41, 5.74) is -1.04. The van der Waals surface area contributed by atoms with Crippen molar-refractivity contribution in [2.75, 3.05) is 13.2 Å². The fourth-order valence-electron chi connectivity index (χ4n) is 3.78. The van der Waals surface area contributed by atoms with Crippen LogP contribution in [0.4, 0.5) is 0 Å². The van der Waals surface area contributed by atoms with Crippen LogP contribution in [0.3, 0.4) is 0 Å². The van der Waals surface area contributed by atoms with Crippen LogP contribution in [0.15, 0.2) is 28.7 Å². The van der Waals surface area contributed by atoms with Gasteiger partial charge in [0.2, 0.25) is 0 Å². The molecule has 0 radical (unpaired) electrons. The first-order chi connectivity index (χ1) is 13.9. The average molecular weight is 483 g/mol. The van der Waals surface area contributed by atoms with Gasteiger partial charge in [-0.05, 0) is 36.5 Å². The van der Waals surface area contributed by atoms with Crippen LogP contribution in [0.1, 0.15) is 52.5 Å². The quantitative estimate of drug-likeness (QED) is 0.468. The number of halogens is 1. The first-order valence-corrected chi connectivity index (χ1v) is 11.1. The second-order valence-electron chi connectivity index (χ2n) is 9.08. The van der Waals surface area contributed by atoms with E-state index in [1.54, 1.807) is 24.3 Å². The molecule has 0 bridgehead atoms. The first-order valence-electron chi connectivity index (χ1n) is 10.3. The molecule has 0 aliphatic heterocycles. The molecule has 1 aromatic carbocycles. The molecule has 1 aliphatic carbocycles. The van der Waals surface area contributed by atoms with E-state index in [9.17, 15) is 19.5 Å². The Morgan fingerprint density at radius 1 is 1.07 bits per heavy atom. The third-order valence-electron chi connectivity index (χ3n) is 5.15. The minimum atomic E-state index is -1.64. The summed E-state index contributed by atoms with van der Waals surface area (Å²) in [4.78, 5) is 38.9. The third kappa shape index (κ3) is 5.91. The van der Waals surface area contributed by atoms with Gasteiger partial charge in [-0.1, -0.05) is 55.8 Å². The van der Waals surface area contributed by atoms with Gasteiger partial charge in [0.25, 0.3) is 0 Å². The number of carbonyl (C=O) groups excluding carboxylic acids is 3. The van der Waals surface area contributed by atoms with Gasteiger partial charge in [0, 0.05) is 16.8 Å². The minimum Gasteiger partial charge on any atom is -0.465 e. The van der Waals surface area contributed by atoms with E-state index < -0.39 is 41.1 Å². The number of Topliss-reactive ketones (excluding diaryl/α,β-unsaturated/α-hetero) is 1. The molecule has 1 fully saturated rings. The standard InChI is InChI=1S/C23H31BrO6/c1-13(2)11-29-21(26)19-17(25)10-23(5,28)20(22(27)30-12-14(3)4)18(19)15-6-8-16(24)9-7-15/h6-9,13-14,18-20,28H,10-12H2,1-5H3/t18-,19-,20+,23-/m0/s1. The van der Waals surface area contributed by atoms with Crippen molar-refractivity contribution in [3.63, 3.8) is 0 Å². The number of rotatable bonds is 7. The summed E-state index contributed by atoms with van der Waals surface area (Å²) in [5, 5.41) is 11.1. The topological polar surface area (TPSA) is 89.9 Å². The number of ether oxygens (including phenoxy) is 2. The van der Waals surface area contributed by atoms with Crippen LogP contribution < -0.4 is 0 Å². The highest BCUT2D eigenvalue weighted by Gasteiger charge is 2.57. The van der Waals surface area contributed by atoms with E-state index >= 15 is 0 Å². The molecular formula is C23H31BrO6. The van der Waals surface area contributed by atoms with E-state index in [4.69, 9.17) is 9.47 Å². The molecule has 6 nitrogen and oxygen atoms in total. The lowest BCUT2D eigenvalue weighted by molar-refractivity contribution is -0.173. The smallest absolute Gasteiger partial charge is 0.317 e. The Labute approximate surface area is 186 Å². The van der Waals surface area contributed by atoms with Crippen LogP contribution >= 0.6 is 15.9 Å². The molecule has 4 atom stereocenters. The molecule has 0 saturated heterocycles. The average Bonchev–Trinajstić information content (AvgIpc) is 2.63. The van der Waals surface area contributed by atoms with E-state index in [-0.39, 0.29) is 31.5 Å². The zero-order valence-corrected chi connectivity index (χ0v) is 19.8. The molecule has 7 heteroatoms. The van der Waals surface area contributed by atoms with Crippen molar-refractivity contribution in [2.24, 2.45) is 23.7 Å². The normalized spacial score (nSPS) is 26.7. The van der Waals surface area contributed by atoms with E-state index in [2.05, 4.69) is 15.9 Å². The van der Waals surface area contributed by atoms with Gasteiger partial charge in [0.05, 0.1) is 24.7 Å². The molecule has 1 N–H and O–H groups in total. The van der Waals surface area contributed by atoms with Crippen molar-refractivity contribution in [3.05, 3.63) is 34.3 Å². The fraction of sp³-hybridized carbons (Fsp3) is 0.609. The molecule has 1 aliphatic rings. The molecule has 0 aromatic heterocycles. The Morgan fingerprint density at radius 3 is 2.07 bits per heavy atom. The number of ketones is 1. The van der Waals surface area contributed by atoms with Crippen LogP contribution in [0.5, 0.6) is 0 Å². The van der Waals surface area contributed by atoms with Gasteiger partial charge < -0.3 is 14.6 Å². The monoisotopic (exact) mass is 482 g/mol. The maximum absolute atomic E-state index is 13.1. The van der Waals surface area contributed by atoms with Crippen LogP contribution in [-0.2, 0) is 23.9 Å². The minimum absolute atomic E-state index is 0.105. The van der Waals surface area contributed by atoms with Gasteiger partial charge in [-0.25, -0.2) is 0 Å². The molecule has 1 aromatic rings. The molecule has 1 saturated carbocycles. The summed E-state index contributed by atoms with van der Waals surface area (Å²) in [5.74, 6) is -4.64. The number of esters is 2. The highest BCUT2D eigenvalue weighted by Crippen LogP contribution is 2.47. The maximum atomic E-state index is 13.1. The Kier molecular flexibility index (Phi) is 8.22. The van der Waals surface area contributed by atoms with Crippen molar-refractivity contribution in [1.82, 2.24) is 0 Å². The highest BCUT2D eigenvalue weighted by molar-refractivity contribution is 9.10.